The van der Waals surface area contributed by atoms with E-state index in [-0.39, 0.29) is 38.4 Å². The molecule has 0 spiro atoms. The molecule has 0 aromatic heterocycles. The Kier molecular flexibility index (Phi) is 8.72. The second-order valence-electron chi connectivity index (χ2n) is 7.72. The molecule has 3 rings (SSSR count). The second kappa shape index (κ2) is 11.3. The first kappa shape index (κ1) is 30.1. The predicted molar refractivity (Wildman–Crippen MR) is 134 cm³/mol. The molecule has 212 valence electrons. The number of hydrazone groups is 1. The smallest absolute Gasteiger partial charge is 0.397 e. The average molecular weight is 607 g/mol. The van der Waals surface area contributed by atoms with Crippen molar-refractivity contribution in [2.45, 2.75) is 22.8 Å². The van der Waals surface area contributed by atoms with Gasteiger partial charge in [0.2, 0.25) is 0 Å². The summed E-state index contributed by atoms with van der Waals surface area (Å²) in [5, 5.41) is 13.1. The molecule has 0 fully saturated rings. The summed E-state index contributed by atoms with van der Waals surface area (Å²) in [7, 11) is -11.0. The van der Waals surface area contributed by atoms with E-state index in [0.29, 0.717) is 0 Å². The van der Waals surface area contributed by atoms with E-state index in [1.165, 1.54) is 39.3 Å². The first-order valence-electron chi connectivity index (χ1n) is 10.6. The molecule has 0 saturated heterocycles. The number of carbonyl (C=O) groups is 1. The zero-order valence-electron chi connectivity index (χ0n) is 20.4. The highest BCUT2D eigenvalue weighted by molar-refractivity contribution is 7.91. The number of carbonyl (C=O) groups excluding carboxylic acids is 1. The lowest BCUT2D eigenvalue weighted by Crippen LogP contribution is -2.29. The van der Waals surface area contributed by atoms with Gasteiger partial charge in [0.1, 0.15) is 22.1 Å². The highest BCUT2D eigenvalue weighted by Gasteiger charge is 2.35. The molecular weight excluding hydrogens is 584 g/mol. The molecule has 16 nitrogen and oxygen atoms in total. The number of ether oxygens (including phenoxy) is 2. The fourth-order valence-electron chi connectivity index (χ4n) is 3.29. The van der Waals surface area contributed by atoms with E-state index in [2.05, 4.69) is 19.5 Å². The Morgan fingerprint density at radius 3 is 2.13 bits per heavy atom. The fraction of sp³-hybridized carbons (Fsp3) is 0.300. The van der Waals surface area contributed by atoms with Gasteiger partial charge in [0.15, 0.2) is 15.9 Å². The van der Waals surface area contributed by atoms with Crippen molar-refractivity contribution in [2.75, 3.05) is 31.6 Å². The van der Waals surface area contributed by atoms with Crippen molar-refractivity contribution in [1.29, 1.82) is 0 Å². The summed E-state index contributed by atoms with van der Waals surface area (Å²) in [6.45, 7) is 0.655. The summed E-state index contributed by atoms with van der Waals surface area (Å²) in [4.78, 5) is 12.2. The number of azo groups is 1. The Labute approximate surface area is 223 Å². The molecule has 1 unspecified atom stereocenters. The summed E-state index contributed by atoms with van der Waals surface area (Å²) in [5.41, 5.74) is 0.432. The zero-order chi connectivity index (χ0) is 29.2. The van der Waals surface area contributed by atoms with Crippen molar-refractivity contribution >= 4 is 53.3 Å². The van der Waals surface area contributed by atoms with Crippen LogP contribution in [-0.2, 0) is 39.3 Å². The molecule has 0 bridgehead atoms. The summed E-state index contributed by atoms with van der Waals surface area (Å²) >= 11 is 0. The quantitative estimate of drug-likeness (QED) is 0.273. The van der Waals surface area contributed by atoms with Gasteiger partial charge in [-0.25, -0.2) is 12.6 Å². The van der Waals surface area contributed by atoms with Crippen LogP contribution in [0.4, 0.5) is 11.4 Å². The summed E-state index contributed by atoms with van der Waals surface area (Å²) < 4.78 is 101. The minimum absolute atomic E-state index is 0.0148. The Hall–Kier alpha value is -3.49. The molecular formula is C20H22N4O12S3. The maximum atomic E-state index is 12.9. The maximum Gasteiger partial charge on any atom is 0.397 e. The number of hydrogen-bond donors (Lipinski definition) is 2. The normalized spacial score (nSPS) is 16.5. The van der Waals surface area contributed by atoms with Crippen LogP contribution >= 0.6 is 0 Å². The van der Waals surface area contributed by atoms with Crippen molar-refractivity contribution in [2.24, 2.45) is 15.3 Å². The zero-order valence-corrected chi connectivity index (χ0v) is 22.9. The molecule has 0 saturated carbocycles. The lowest BCUT2D eigenvalue weighted by molar-refractivity contribution is -0.117. The Morgan fingerprint density at radius 2 is 1.59 bits per heavy atom. The van der Waals surface area contributed by atoms with E-state index in [1.54, 1.807) is 0 Å². The number of rotatable bonds is 11. The average Bonchev–Trinajstić information content (AvgIpc) is 3.13. The van der Waals surface area contributed by atoms with Gasteiger partial charge in [0.25, 0.3) is 16.0 Å². The topological polar surface area (TPSA) is 228 Å². The van der Waals surface area contributed by atoms with Crippen LogP contribution < -0.4 is 14.5 Å². The van der Waals surface area contributed by atoms with Gasteiger partial charge in [-0.05, 0) is 31.2 Å². The van der Waals surface area contributed by atoms with Crippen LogP contribution in [-0.4, -0.2) is 78.6 Å². The molecule has 2 N–H and O–H groups in total. The molecule has 0 aliphatic carbocycles. The second-order valence-corrected chi connectivity index (χ2v) is 12.3. The highest BCUT2D eigenvalue weighted by atomic mass is 32.3. The van der Waals surface area contributed by atoms with Crippen LogP contribution in [0.25, 0.3) is 0 Å². The molecule has 1 aliphatic heterocycles. The summed E-state index contributed by atoms with van der Waals surface area (Å²) in [6.07, 6.45) is 0. The SMILES string of the molecule is COc1cc(S(=O)(=O)CCOS(=O)(=O)O)c(OC)cc1N=NC1C(=O)N(c2ccc(S(=O)(=O)O)cc2)N=C1C. The standard InChI is InChI=1S/C20H22N4O12S3/c1-12-19(20(25)24(23-12)13-4-6-14(7-5-13)38(28,29)30)22-21-15-10-17(35-3)18(11-16(15)34-2)37(26,27)9-8-36-39(31,32)33/h4-7,10-11,19H,8-9H2,1-3H3,(H,28,29,30)(H,31,32,33). The van der Waals surface area contributed by atoms with Crippen molar-refractivity contribution < 1.29 is 52.8 Å². The molecule has 1 amide bonds. The van der Waals surface area contributed by atoms with Crippen molar-refractivity contribution in [3.05, 3.63) is 36.4 Å². The minimum Gasteiger partial charge on any atom is -0.495 e. The van der Waals surface area contributed by atoms with Gasteiger partial charge in [-0.2, -0.15) is 37.2 Å². The van der Waals surface area contributed by atoms with Crippen molar-refractivity contribution in [1.82, 2.24) is 0 Å². The van der Waals surface area contributed by atoms with E-state index in [1.807, 2.05) is 0 Å². The minimum atomic E-state index is -4.84. The highest BCUT2D eigenvalue weighted by Crippen LogP contribution is 2.38. The van der Waals surface area contributed by atoms with Gasteiger partial charge >= 0.3 is 10.4 Å². The van der Waals surface area contributed by atoms with Gasteiger partial charge in [0, 0.05) is 12.1 Å². The fourth-order valence-corrected chi connectivity index (χ4v) is 5.42. The van der Waals surface area contributed by atoms with Crippen molar-refractivity contribution in [3.8, 4) is 11.5 Å². The summed E-state index contributed by atoms with van der Waals surface area (Å²) in [5.74, 6) is -1.72. The van der Waals surface area contributed by atoms with Gasteiger partial charge in [-0.3, -0.25) is 13.9 Å². The number of nitrogens with zero attached hydrogens (tertiary/aromatic N) is 4. The van der Waals surface area contributed by atoms with Gasteiger partial charge in [-0.1, -0.05) is 0 Å². The van der Waals surface area contributed by atoms with E-state index < -0.39 is 54.7 Å². The number of benzene rings is 2. The molecule has 0 radical (unpaired) electrons. The predicted octanol–water partition coefficient (Wildman–Crippen LogP) is 1.42. The summed E-state index contributed by atoms with van der Waals surface area (Å²) in [6, 6.07) is 5.80. The molecule has 2 aromatic rings. The molecule has 2 aromatic carbocycles. The number of anilines is 1. The van der Waals surface area contributed by atoms with Crippen LogP contribution in [0.15, 0.2) is 61.5 Å². The molecule has 1 heterocycles. The lowest BCUT2D eigenvalue weighted by Gasteiger charge is -2.14. The third kappa shape index (κ3) is 7.13. The third-order valence-electron chi connectivity index (χ3n) is 5.14. The molecule has 1 atom stereocenters. The number of sulfone groups is 1. The van der Waals surface area contributed by atoms with E-state index in [4.69, 9.17) is 18.6 Å². The van der Waals surface area contributed by atoms with Gasteiger partial charge in [-0.15, -0.1) is 0 Å². The van der Waals surface area contributed by atoms with Gasteiger partial charge < -0.3 is 9.47 Å². The van der Waals surface area contributed by atoms with Crippen molar-refractivity contribution in [3.63, 3.8) is 0 Å². The van der Waals surface area contributed by atoms with Crippen LogP contribution in [0.1, 0.15) is 6.92 Å². The van der Waals surface area contributed by atoms with E-state index >= 15 is 0 Å². The third-order valence-corrected chi connectivity index (χ3v) is 8.17. The van der Waals surface area contributed by atoms with Gasteiger partial charge in [0.05, 0.1) is 42.9 Å². The monoisotopic (exact) mass is 606 g/mol. The Bertz CT molecular complexity index is 1650. The maximum absolute atomic E-state index is 12.9. The first-order valence-corrected chi connectivity index (χ1v) is 15.0. The number of amides is 1. The molecule has 19 heteroatoms. The van der Waals surface area contributed by atoms with Crippen LogP contribution in [0.5, 0.6) is 11.5 Å². The molecule has 1 aliphatic rings. The van der Waals surface area contributed by atoms with Crippen LogP contribution in [0, 0.1) is 0 Å². The van der Waals surface area contributed by atoms with Crippen LogP contribution in [0.2, 0.25) is 0 Å². The van der Waals surface area contributed by atoms with Crippen LogP contribution in [0.3, 0.4) is 0 Å². The van der Waals surface area contributed by atoms with E-state index in [9.17, 15) is 30.0 Å². The lowest BCUT2D eigenvalue weighted by atomic mass is 10.2. The number of methoxy groups -OCH3 is 2. The van der Waals surface area contributed by atoms with E-state index in [0.717, 1.165) is 23.2 Å². The largest absolute Gasteiger partial charge is 0.495 e. The molecule has 39 heavy (non-hydrogen) atoms. The Morgan fingerprint density at radius 1 is 0.974 bits per heavy atom. The first-order chi connectivity index (χ1) is 18.1. The number of hydrogen-bond acceptors (Lipinski definition) is 13. The Balaban J connectivity index is 1.87.